The summed E-state index contributed by atoms with van der Waals surface area (Å²) in [6, 6.07) is -0.204. The predicted octanol–water partition coefficient (Wildman–Crippen LogP) is -0.934. The third-order valence-corrected chi connectivity index (χ3v) is 2.69. The Morgan fingerprint density at radius 3 is 2.29 bits per heavy atom. The summed E-state index contributed by atoms with van der Waals surface area (Å²) in [5.74, 6) is -0.450. The van der Waals surface area contributed by atoms with E-state index in [1.807, 2.05) is 0 Å². The first-order chi connectivity index (χ1) is 6.66. The van der Waals surface area contributed by atoms with Crippen LogP contribution in [-0.2, 0) is 14.4 Å². The van der Waals surface area contributed by atoms with Crippen molar-refractivity contribution in [2.45, 2.75) is 25.3 Å². The van der Waals surface area contributed by atoms with Crippen LogP contribution in [0, 0.1) is 0 Å². The van der Waals surface area contributed by atoms with Crippen molar-refractivity contribution in [3.8, 4) is 0 Å². The molecule has 5 heteroatoms. The van der Waals surface area contributed by atoms with E-state index in [9.17, 15) is 14.4 Å². The lowest BCUT2D eigenvalue weighted by molar-refractivity contribution is -0.138. The molecule has 0 aromatic rings. The maximum atomic E-state index is 11.4. The van der Waals surface area contributed by atoms with Gasteiger partial charge in [-0.25, -0.2) is 0 Å². The van der Waals surface area contributed by atoms with Crippen molar-refractivity contribution >= 4 is 17.6 Å². The standard InChI is InChI=1S/C9H12N2O3/c12-7-3-1-2-6(7)11-4-8(13)10-9(14)5-11/h6H,1-5H2,(H,10,13,14). The molecule has 2 aliphatic rings. The minimum Gasteiger partial charge on any atom is -0.298 e. The van der Waals surface area contributed by atoms with Gasteiger partial charge in [0.05, 0.1) is 19.1 Å². The Morgan fingerprint density at radius 2 is 1.79 bits per heavy atom. The molecule has 1 atom stereocenters. The molecule has 1 unspecified atom stereocenters. The van der Waals surface area contributed by atoms with Gasteiger partial charge in [0.15, 0.2) is 0 Å². The summed E-state index contributed by atoms with van der Waals surface area (Å²) in [4.78, 5) is 35.2. The number of imide groups is 1. The maximum Gasteiger partial charge on any atom is 0.240 e. The van der Waals surface area contributed by atoms with Gasteiger partial charge in [-0.15, -0.1) is 0 Å². The summed E-state index contributed by atoms with van der Waals surface area (Å²) in [5.41, 5.74) is 0. The number of hydrogen-bond donors (Lipinski definition) is 1. The van der Waals surface area contributed by atoms with Gasteiger partial charge in [0.1, 0.15) is 5.78 Å². The molecule has 0 aromatic heterocycles. The lowest BCUT2D eigenvalue weighted by atomic mass is 10.1. The van der Waals surface area contributed by atoms with Crippen molar-refractivity contribution in [1.29, 1.82) is 0 Å². The van der Waals surface area contributed by atoms with Gasteiger partial charge < -0.3 is 0 Å². The number of hydrogen-bond acceptors (Lipinski definition) is 4. The number of carbonyl (C=O) groups excluding carboxylic acids is 3. The summed E-state index contributed by atoms with van der Waals surface area (Å²) >= 11 is 0. The van der Waals surface area contributed by atoms with E-state index >= 15 is 0 Å². The predicted molar refractivity (Wildman–Crippen MR) is 47.4 cm³/mol. The monoisotopic (exact) mass is 196 g/mol. The Labute approximate surface area is 81.4 Å². The topological polar surface area (TPSA) is 66.5 Å². The van der Waals surface area contributed by atoms with Gasteiger partial charge in [-0.3, -0.25) is 24.6 Å². The molecule has 1 saturated heterocycles. The molecule has 2 rings (SSSR count). The number of carbonyl (C=O) groups is 3. The normalized spacial score (nSPS) is 29.4. The number of Topliss-reactive ketones (excluding diaryl/α,β-unsaturated/α-hetero) is 1. The molecule has 1 N–H and O–H groups in total. The second kappa shape index (κ2) is 3.49. The molecule has 1 aliphatic carbocycles. The Balaban J connectivity index is 2.06. The third-order valence-electron chi connectivity index (χ3n) is 2.69. The van der Waals surface area contributed by atoms with Crippen LogP contribution in [0.1, 0.15) is 19.3 Å². The highest BCUT2D eigenvalue weighted by Crippen LogP contribution is 2.20. The number of ketones is 1. The first-order valence-electron chi connectivity index (χ1n) is 4.76. The fraction of sp³-hybridized carbons (Fsp3) is 0.667. The number of amides is 2. The van der Waals surface area contributed by atoms with Crippen LogP contribution >= 0.6 is 0 Å². The molecule has 14 heavy (non-hydrogen) atoms. The van der Waals surface area contributed by atoms with Crippen LogP contribution in [0.5, 0.6) is 0 Å². The van der Waals surface area contributed by atoms with Crippen LogP contribution in [0.2, 0.25) is 0 Å². The van der Waals surface area contributed by atoms with Crippen LogP contribution in [-0.4, -0.2) is 41.6 Å². The lowest BCUT2D eigenvalue weighted by Gasteiger charge is -2.29. The largest absolute Gasteiger partial charge is 0.298 e. The average molecular weight is 196 g/mol. The summed E-state index contributed by atoms with van der Waals surface area (Å²) in [5, 5.41) is 2.22. The van der Waals surface area contributed by atoms with Crippen molar-refractivity contribution in [2.75, 3.05) is 13.1 Å². The number of nitrogens with one attached hydrogen (secondary N) is 1. The van der Waals surface area contributed by atoms with Crippen LogP contribution < -0.4 is 5.32 Å². The second-order valence-electron chi connectivity index (χ2n) is 3.75. The molecule has 0 aromatic carbocycles. The summed E-state index contributed by atoms with van der Waals surface area (Å²) in [6.07, 6.45) is 2.23. The molecule has 1 aliphatic heterocycles. The number of rotatable bonds is 1. The zero-order valence-corrected chi connectivity index (χ0v) is 7.78. The SMILES string of the molecule is O=C1CN(C2CCCC2=O)CC(=O)N1. The fourth-order valence-electron chi connectivity index (χ4n) is 2.06. The van der Waals surface area contributed by atoms with Crippen molar-refractivity contribution in [2.24, 2.45) is 0 Å². The van der Waals surface area contributed by atoms with E-state index in [0.717, 1.165) is 12.8 Å². The Morgan fingerprint density at radius 1 is 1.14 bits per heavy atom. The van der Waals surface area contributed by atoms with Gasteiger partial charge >= 0.3 is 0 Å². The molecule has 1 saturated carbocycles. The Kier molecular flexibility index (Phi) is 2.33. The van der Waals surface area contributed by atoms with Crippen molar-refractivity contribution in [3.63, 3.8) is 0 Å². The van der Waals surface area contributed by atoms with Crippen LogP contribution in [0.3, 0.4) is 0 Å². The number of piperazine rings is 1. The van der Waals surface area contributed by atoms with Crippen LogP contribution in [0.25, 0.3) is 0 Å². The first kappa shape index (κ1) is 9.33. The Bertz CT molecular complexity index is 284. The molecule has 0 spiro atoms. The molecule has 1 heterocycles. The molecule has 76 valence electrons. The Hall–Kier alpha value is -1.23. The molecule has 2 amide bonds. The van der Waals surface area contributed by atoms with Gasteiger partial charge in [-0.05, 0) is 12.8 Å². The van der Waals surface area contributed by atoms with E-state index in [2.05, 4.69) is 5.32 Å². The summed E-state index contributed by atoms with van der Waals surface area (Å²) < 4.78 is 0. The van der Waals surface area contributed by atoms with E-state index in [0.29, 0.717) is 6.42 Å². The van der Waals surface area contributed by atoms with Gasteiger partial charge in [0.25, 0.3) is 0 Å². The highest BCUT2D eigenvalue weighted by atomic mass is 16.2. The van der Waals surface area contributed by atoms with E-state index in [-0.39, 0.29) is 36.7 Å². The minimum atomic E-state index is -0.305. The zero-order valence-electron chi connectivity index (χ0n) is 7.78. The molecule has 0 bridgehead atoms. The van der Waals surface area contributed by atoms with Crippen molar-refractivity contribution in [3.05, 3.63) is 0 Å². The van der Waals surface area contributed by atoms with E-state index in [4.69, 9.17) is 0 Å². The maximum absolute atomic E-state index is 11.4. The highest BCUT2D eigenvalue weighted by molar-refractivity contribution is 6.00. The first-order valence-corrected chi connectivity index (χ1v) is 4.76. The van der Waals surface area contributed by atoms with E-state index < -0.39 is 0 Å². The third kappa shape index (κ3) is 1.68. The van der Waals surface area contributed by atoms with Crippen LogP contribution in [0.15, 0.2) is 0 Å². The fourth-order valence-corrected chi connectivity index (χ4v) is 2.06. The molecule has 5 nitrogen and oxygen atoms in total. The van der Waals surface area contributed by atoms with Crippen molar-refractivity contribution < 1.29 is 14.4 Å². The van der Waals surface area contributed by atoms with E-state index in [1.54, 1.807) is 4.90 Å². The van der Waals surface area contributed by atoms with Crippen molar-refractivity contribution in [1.82, 2.24) is 10.2 Å². The zero-order chi connectivity index (χ0) is 10.1. The summed E-state index contributed by atoms with van der Waals surface area (Å²) in [7, 11) is 0. The van der Waals surface area contributed by atoms with Gasteiger partial charge in [0.2, 0.25) is 11.8 Å². The minimum absolute atomic E-state index is 0.160. The van der Waals surface area contributed by atoms with Crippen LogP contribution in [0.4, 0.5) is 0 Å². The van der Waals surface area contributed by atoms with Gasteiger partial charge in [0, 0.05) is 6.42 Å². The second-order valence-corrected chi connectivity index (χ2v) is 3.75. The lowest BCUT2D eigenvalue weighted by Crippen LogP contribution is -2.55. The quantitative estimate of drug-likeness (QED) is 0.550. The molecule has 2 fully saturated rings. The smallest absolute Gasteiger partial charge is 0.240 e. The van der Waals surface area contributed by atoms with Gasteiger partial charge in [-0.2, -0.15) is 0 Å². The average Bonchev–Trinajstić information content (AvgIpc) is 2.49. The molecular weight excluding hydrogens is 184 g/mol. The number of nitrogens with zero attached hydrogens (tertiary/aromatic N) is 1. The van der Waals surface area contributed by atoms with Gasteiger partial charge in [-0.1, -0.05) is 0 Å². The summed E-state index contributed by atoms with van der Waals surface area (Å²) in [6.45, 7) is 0.338. The van der Waals surface area contributed by atoms with E-state index in [1.165, 1.54) is 0 Å². The molecular formula is C9H12N2O3. The highest BCUT2D eigenvalue weighted by Gasteiger charge is 2.34. The molecule has 0 radical (unpaired) electrons.